The average molecular weight is 611 g/mol. The predicted octanol–water partition coefficient (Wildman–Crippen LogP) is 4.32. The van der Waals surface area contributed by atoms with Crippen LogP contribution in [0.3, 0.4) is 0 Å². The average Bonchev–Trinajstić information content (AvgIpc) is 3.34. The van der Waals surface area contributed by atoms with Crippen molar-refractivity contribution in [2.24, 2.45) is 0 Å². The molecule has 10 nitrogen and oxygen atoms in total. The van der Waals surface area contributed by atoms with Gasteiger partial charge in [0.15, 0.2) is 5.75 Å². The first-order chi connectivity index (χ1) is 18.1. The van der Waals surface area contributed by atoms with Gasteiger partial charge in [-0.15, -0.1) is 24.8 Å². The third kappa shape index (κ3) is 7.64. The molecule has 3 aromatic rings. The second-order valence-corrected chi connectivity index (χ2v) is 8.09. The van der Waals surface area contributed by atoms with E-state index in [0.29, 0.717) is 6.07 Å². The normalized spacial score (nSPS) is 16.2. The highest BCUT2D eigenvalue weighted by Gasteiger charge is 2.44. The highest BCUT2D eigenvalue weighted by Crippen LogP contribution is 2.37. The molecule has 2 amide bonds. The smallest absolute Gasteiger partial charge is 0.407 e. The molecule has 3 N–H and O–H groups in total. The Kier molecular flexibility index (Phi) is 10.9. The number of halogens is 7. The number of benzene rings is 1. The van der Waals surface area contributed by atoms with E-state index in [-0.39, 0.29) is 61.6 Å². The Balaban J connectivity index is 0.00000280. The number of pyridine rings is 1. The molecule has 0 spiro atoms. The van der Waals surface area contributed by atoms with Gasteiger partial charge < -0.3 is 25.4 Å². The number of nitrogens with one attached hydrogen (secondary N) is 3. The van der Waals surface area contributed by atoms with Gasteiger partial charge >= 0.3 is 12.3 Å². The number of hydrogen-bond acceptors (Lipinski definition) is 8. The van der Waals surface area contributed by atoms with E-state index in [2.05, 4.69) is 30.9 Å². The lowest BCUT2D eigenvalue weighted by atomic mass is 9.97. The third-order valence-corrected chi connectivity index (χ3v) is 5.47. The van der Waals surface area contributed by atoms with Crippen molar-refractivity contribution in [3.63, 3.8) is 0 Å². The number of alkyl halides is 3. The summed E-state index contributed by atoms with van der Waals surface area (Å²) in [6.07, 6.45) is -1.01. The van der Waals surface area contributed by atoms with Gasteiger partial charge in [-0.25, -0.2) is 23.5 Å². The molecule has 2 aromatic heterocycles. The molecule has 1 aliphatic rings. The van der Waals surface area contributed by atoms with Gasteiger partial charge in [-0.1, -0.05) is 6.07 Å². The lowest BCUT2D eigenvalue weighted by Gasteiger charge is -2.26. The minimum atomic E-state index is -4.85. The summed E-state index contributed by atoms with van der Waals surface area (Å²) in [6, 6.07) is 3.22. The van der Waals surface area contributed by atoms with Gasteiger partial charge in [0, 0.05) is 19.1 Å². The van der Waals surface area contributed by atoms with Crippen molar-refractivity contribution in [1.82, 2.24) is 25.6 Å². The van der Waals surface area contributed by atoms with Gasteiger partial charge in [0.1, 0.15) is 23.5 Å². The first kappa shape index (κ1) is 32.4. The van der Waals surface area contributed by atoms with E-state index in [1.807, 2.05) is 0 Å². The zero-order valence-corrected chi connectivity index (χ0v) is 21.8. The molecule has 40 heavy (non-hydrogen) atoms. The number of carbonyl (C=O) groups is 2. The zero-order chi connectivity index (χ0) is 27.3. The molecule has 1 aromatic carbocycles. The van der Waals surface area contributed by atoms with Gasteiger partial charge in [0.25, 0.3) is 0 Å². The fourth-order valence-electron chi connectivity index (χ4n) is 3.60. The summed E-state index contributed by atoms with van der Waals surface area (Å²) in [6.45, 7) is -0.448. The van der Waals surface area contributed by atoms with Crippen molar-refractivity contribution in [3.8, 4) is 5.75 Å². The SMILES string of the molecule is Cl.Cl.O=C(N[C@@]1(C(=O)NCc2ncc(Nc3c(F)cccc3C(F)(F)F)cc2F)CCOC1)Oc1cncnc1. The van der Waals surface area contributed by atoms with Crippen molar-refractivity contribution in [2.45, 2.75) is 24.7 Å². The van der Waals surface area contributed by atoms with Crippen LogP contribution in [0.15, 0.2) is 49.2 Å². The number of ether oxygens (including phenoxy) is 2. The molecule has 0 unspecified atom stereocenters. The summed E-state index contributed by atoms with van der Waals surface area (Å²) in [7, 11) is 0. The lowest BCUT2D eigenvalue weighted by Crippen LogP contribution is -2.60. The van der Waals surface area contributed by atoms with Crippen LogP contribution < -0.4 is 20.7 Å². The third-order valence-electron chi connectivity index (χ3n) is 5.47. The van der Waals surface area contributed by atoms with Crippen LogP contribution in [0, 0.1) is 11.6 Å². The highest BCUT2D eigenvalue weighted by molar-refractivity contribution is 5.90. The molecule has 0 aliphatic carbocycles. The van der Waals surface area contributed by atoms with Crippen LogP contribution in [-0.4, -0.2) is 45.7 Å². The van der Waals surface area contributed by atoms with Crippen molar-refractivity contribution >= 4 is 48.2 Å². The maximum atomic E-state index is 14.7. The van der Waals surface area contributed by atoms with E-state index < -0.39 is 53.1 Å². The second-order valence-electron chi connectivity index (χ2n) is 8.09. The molecule has 1 fully saturated rings. The summed E-state index contributed by atoms with van der Waals surface area (Å²) in [5.41, 5.74) is -4.17. The number of anilines is 2. The summed E-state index contributed by atoms with van der Waals surface area (Å²) >= 11 is 0. The van der Waals surface area contributed by atoms with Gasteiger partial charge in [-0.3, -0.25) is 9.78 Å². The van der Waals surface area contributed by atoms with Crippen molar-refractivity contribution < 1.29 is 41.0 Å². The Bertz CT molecular complexity index is 1330. The molecule has 0 bridgehead atoms. The van der Waals surface area contributed by atoms with Crippen molar-refractivity contribution in [2.75, 3.05) is 18.5 Å². The van der Waals surface area contributed by atoms with Crippen LogP contribution in [0.25, 0.3) is 0 Å². The van der Waals surface area contributed by atoms with E-state index in [9.17, 15) is 31.5 Å². The maximum Gasteiger partial charge on any atom is 0.418 e. The van der Waals surface area contributed by atoms with Crippen LogP contribution in [-0.2, 0) is 22.3 Å². The number of carbonyl (C=O) groups excluding carboxylic acids is 2. The van der Waals surface area contributed by atoms with E-state index >= 15 is 0 Å². The summed E-state index contributed by atoms with van der Waals surface area (Å²) in [5.74, 6) is -2.84. The van der Waals surface area contributed by atoms with Gasteiger partial charge in [0.2, 0.25) is 5.91 Å². The number of aromatic nitrogens is 3. The predicted molar refractivity (Wildman–Crippen MR) is 135 cm³/mol. The lowest BCUT2D eigenvalue weighted by molar-refractivity contribution is -0.137. The largest absolute Gasteiger partial charge is 0.418 e. The first-order valence-electron chi connectivity index (χ1n) is 11.0. The Morgan fingerprint density at radius 3 is 2.42 bits per heavy atom. The molecule has 4 rings (SSSR count). The Morgan fingerprint density at radius 2 is 1.80 bits per heavy atom. The molecular weight excluding hydrogens is 590 g/mol. The van der Waals surface area contributed by atoms with Crippen molar-refractivity contribution in [1.29, 1.82) is 0 Å². The monoisotopic (exact) mass is 610 g/mol. The number of nitrogens with zero attached hydrogens (tertiary/aromatic N) is 3. The number of hydrogen-bond donors (Lipinski definition) is 3. The minimum Gasteiger partial charge on any atom is -0.407 e. The second kappa shape index (κ2) is 13.5. The molecule has 1 atom stereocenters. The Morgan fingerprint density at radius 1 is 1.07 bits per heavy atom. The van der Waals surface area contributed by atoms with Crippen LogP contribution >= 0.6 is 24.8 Å². The van der Waals surface area contributed by atoms with Crippen LogP contribution in [0.1, 0.15) is 17.7 Å². The van der Waals surface area contributed by atoms with Crippen LogP contribution in [0.4, 0.5) is 38.1 Å². The van der Waals surface area contributed by atoms with E-state index in [1.54, 1.807) is 0 Å². The highest BCUT2D eigenvalue weighted by atomic mass is 35.5. The molecular formula is C23H21Cl2F5N6O4. The fraction of sp³-hybridized carbons (Fsp3) is 0.261. The maximum absolute atomic E-state index is 14.7. The molecule has 216 valence electrons. The molecule has 3 heterocycles. The summed E-state index contributed by atoms with van der Waals surface area (Å²) in [5, 5.41) is 7.10. The van der Waals surface area contributed by atoms with Crippen LogP contribution in [0.2, 0.25) is 0 Å². The molecule has 0 radical (unpaired) electrons. The number of rotatable bonds is 7. The van der Waals surface area contributed by atoms with E-state index in [1.165, 1.54) is 18.7 Å². The Labute approximate surface area is 235 Å². The molecule has 0 saturated carbocycles. The van der Waals surface area contributed by atoms with Crippen LogP contribution in [0.5, 0.6) is 5.75 Å². The quantitative estimate of drug-likeness (QED) is 0.338. The van der Waals surface area contributed by atoms with Gasteiger partial charge in [-0.2, -0.15) is 13.2 Å². The molecule has 17 heteroatoms. The molecule has 1 saturated heterocycles. The number of amides is 2. The first-order valence-corrected chi connectivity index (χ1v) is 11.0. The summed E-state index contributed by atoms with van der Waals surface area (Å²) < 4.78 is 78.7. The van der Waals surface area contributed by atoms with Gasteiger partial charge in [-0.05, 0) is 12.1 Å². The van der Waals surface area contributed by atoms with E-state index in [0.717, 1.165) is 24.4 Å². The topological polar surface area (TPSA) is 127 Å². The minimum absolute atomic E-state index is 0. The van der Waals surface area contributed by atoms with Crippen molar-refractivity contribution in [3.05, 3.63) is 72.1 Å². The van der Waals surface area contributed by atoms with Gasteiger partial charge in [0.05, 0.1) is 54.4 Å². The fourth-order valence-corrected chi connectivity index (χ4v) is 3.60. The molecule has 1 aliphatic heterocycles. The summed E-state index contributed by atoms with van der Waals surface area (Å²) in [4.78, 5) is 36.5. The number of para-hydroxylation sites is 1. The van der Waals surface area contributed by atoms with E-state index in [4.69, 9.17) is 9.47 Å². The zero-order valence-electron chi connectivity index (χ0n) is 20.1. The standard InChI is InChI=1S/C23H19F5N6O4.2ClH/c24-16-3-1-2-15(23(26,27)28)19(16)33-13-6-17(25)18(31-7-13)10-32-20(35)22(4-5-37-11-22)34-21(36)38-14-8-29-12-30-9-14;;/h1-3,6-9,12,33H,4-5,10-11H2,(H,32,35)(H,34,36);2*1H/t22-;;/m0../s1. The Hall–Kier alpha value is -3.82.